The van der Waals surface area contributed by atoms with E-state index < -0.39 is 0 Å². The lowest BCUT2D eigenvalue weighted by molar-refractivity contribution is 0.283. The molecule has 2 N–H and O–H groups in total. The summed E-state index contributed by atoms with van der Waals surface area (Å²) in [6, 6.07) is 16.4. The van der Waals surface area contributed by atoms with Gasteiger partial charge in [0.2, 0.25) is 0 Å². The number of hydrogen-bond donors (Lipinski definition) is 2. The molecule has 2 heteroatoms. The molecule has 1 aromatic heterocycles. The van der Waals surface area contributed by atoms with Gasteiger partial charge in [0.1, 0.15) is 0 Å². The van der Waals surface area contributed by atoms with Crippen molar-refractivity contribution in [3.05, 3.63) is 60.3 Å². The average Bonchev–Trinajstić information content (AvgIpc) is 2.86. The van der Waals surface area contributed by atoms with E-state index in [1.165, 1.54) is 5.56 Å². The zero-order valence-corrected chi connectivity index (χ0v) is 9.35. The fourth-order valence-corrected chi connectivity index (χ4v) is 2.17. The highest BCUT2D eigenvalue weighted by Crippen LogP contribution is 2.27. The van der Waals surface area contributed by atoms with Crippen molar-refractivity contribution in [2.45, 2.75) is 6.61 Å². The molecule has 0 atom stereocenters. The normalized spacial score (nSPS) is 10.9. The van der Waals surface area contributed by atoms with E-state index in [0.29, 0.717) is 0 Å². The molecule has 17 heavy (non-hydrogen) atoms. The summed E-state index contributed by atoms with van der Waals surface area (Å²) in [5.74, 6) is 0. The monoisotopic (exact) mass is 223 g/mol. The zero-order chi connectivity index (χ0) is 11.7. The molecular weight excluding hydrogens is 210 g/mol. The third kappa shape index (κ3) is 1.73. The highest BCUT2D eigenvalue weighted by atomic mass is 16.3. The highest BCUT2D eigenvalue weighted by molar-refractivity contribution is 5.87. The Bertz CT molecular complexity index is 640. The molecule has 0 unspecified atom stereocenters. The van der Waals surface area contributed by atoms with E-state index in [2.05, 4.69) is 23.2 Å². The molecule has 0 saturated carbocycles. The van der Waals surface area contributed by atoms with Gasteiger partial charge < -0.3 is 10.1 Å². The van der Waals surface area contributed by atoms with Gasteiger partial charge in [0, 0.05) is 17.1 Å². The maximum absolute atomic E-state index is 9.41. The first kappa shape index (κ1) is 10.1. The van der Waals surface area contributed by atoms with Crippen molar-refractivity contribution in [1.82, 2.24) is 4.98 Å². The van der Waals surface area contributed by atoms with Gasteiger partial charge in [-0.2, -0.15) is 0 Å². The molecule has 1 heterocycles. The van der Waals surface area contributed by atoms with Crippen LogP contribution in [0.4, 0.5) is 0 Å². The summed E-state index contributed by atoms with van der Waals surface area (Å²) in [4.78, 5) is 3.16. The standard InChI is InChI=1S/C15H13NO/c17-10-14-9-13(11-4-2-1-3-5-11)8-12-6-7-16-15(12)14/h1-9,16-17H,10H2. The predicted molar refractivity (Wildman–Crippen MR) is 69.7 cm³/mol. The molecule has 0 aliphatic heterocycles. The Balaban J connectivity index is 2.24. The molecule has 3 rings (SSSR count). The number of nitrogens with one attached hydrogen (secondary N) is 1. The minimum atomic E-state index is 0.0533. The Kier molecular flexibility index (Phi) is 2.42. The molecule has 2 aromatic carbocycles. The smallest absolute Gasteiger partial charge is 0.0702 e. The first-order valence-corrected chi connectivity index (χ1v) is 5.65. The lowest BCUT2D eigenvalue weighted by atomic mass is 10.0. The molecule has 0 spiro atoms. The number of aromatic amines is 1. The van der Waals surface area contributed by atoms with Crippen LogP contribution in [-0.4, -0.2) is 10.1 Å². The zero-order valence-electron chi connectivity index (χ0n) is 9.35. The first-order chi connectivity index (χ1) is 8.38. The minimum absolute atomic E-state index is 0.0533. The van der Waals surface area contributed by atoms with Gasteiger partial charge >= 0.3 is 0 Å². The van der Waals surface area contributed by atoms with Crippen molar-refractivity contribution in [2.24, 2.45) is 0 Å². The molecule has 0 radical (unpaired) electrons. The van der Waals surface area contributed by atoms with Gasteiger partial charge in [-0.05, 0) is 29.3 Å². The van der Waals surface area contributed by atoms with E-state index in [4.69, 9.17) is 0 Å². The maximum atomic E-state index is 9.41. The number of benzene rings is 2. The van der Waals surface area contributed by atoms with Crippen molar-refractivity contribution in [2.75, 3.05) is 0 Å². The van der Waals surface area contributed by atoms with Crippen LogP contribution in [0.3, 0.4) is 0 Å². The second kappa shape index (κ2) is 4.07. The van der Waals surface area contributed by atoms with Gasteiger partial charge in [-0.3, -0.25) is 0 Å². The summed E-state index contributed by atoms with van der Waals surface area (Å²) >= 11 is 0. The van der Waals surface area contributed by atoms with E-state index in [0.717, 1.165) is 22.0 Å². The Hall–Kier alpha value is -2.06. The number of aromatic nitrogens is 1. The van der Waals surface area contributed by atoms with Crippen LogP contribution in [0.5, 0.6) is 0 Å². The molecule has 0 amide bonds. The molecular formula is C15H13NO. The van der Waals surface area contributed by atoms with Crippen molar-refractivity contribution in [3.63, 3.8) is 0 Å². The van der Waals surface area contributed by atoms with Crippen LogP contribution in [-0.2, 0) is 6.61 Å². The molecule has 0 saturated heterocycles. The van der Waals surface area contributed by atoms with Gasteiger partial charge in [-0.15, -0.1) is 0 Å². The lowest BCUT2D eigenvalue weighted by Gasteiger charge is -2.06. The second-order valence-electron chi connectivity index (χ2n) is 4.10. The molecule has 0 bridgehead atoms. The molecule has 0 aliphatic rings. The summed E-state index contributed by atoms with van der Waals surface area (Å²) in [5.41, 5.74) is 4.27. The third-order valence-corrected chi connectivity index (χ3v) is 3.02. The Morgan fingerprint density at radius 2 is 1.76 bits per heavy atom. The Morgan fingerprint density at radius 1 is 0.941 bits per heavy atom. The van der Waals surface area contributed by atoms with E-state index in [-0.39, 0.29) is 6.61 Å². The summed E-state index contributed by atoms with van der Waals surface area (Å²) in [5, 5.41) is 10.5. The SMILES string of the molecule is OCc1cc(-c2ccccc2)cc2cc[nH]c12. The average molecular weight is 223 g/mol. The lowest BCUT2D eigenvalue weighted by Crippen LogP contribution is -1.87. The molecule has 0 fully saturated rings. The first-order valence-electron chi connectivity index (χ1n) is 5.65. The van der Waals surface area contributed by atoms with E-state index >= 15 is 0 Å². The number of fused-ring (bicyclic) bond motifs is 1. The van der Waals surface area contributed by atoms with Crippen molar-refractivity contribution < 1.29 is 5.11 Å². The van der Waals surface area contributed by atoms with Crippen LogP contribution in [0.15, 0.2) is 54.7 Å². The maximum Gasteiger partial charge on any atom is 0.0702 e. The van der Waals surface area contributed by atoms with E-state index in [1.54, 1.807) is 0 Å². The van der Waals surface area contributed by atoms with Gasteiger partial charge in [0.15, 0.2) is 0 Å². The topological polar surface area (TPSA) is 36.0 Å². The molecule has 3 aromatic rings. The van der Waals surface area contributed by atoms with E-state index in [1.807, 2.05) is 36.5 Å². The van der Waals surface area contributed by atoms with Crippen molar-refractivity contribution >= 4 is 10.9 Å². The summed E-state index contributed by atoms with van der Waals surface area (Å²) in [6.07, 6.45) is 1.90. The van der Waals surface area contributed by atoms with E-state index in [9.17, 15) is 5.11 Å². The van der Waals surface area contributed by atoms with Gasteiger partial charge in [-0.25, -0.2) is 0 Å². The number of hydrogen-bond acceptors (Lipinski definition) is 1. The number of aliphatic hydroxyl groups is 1. The van der Waals surface area contributed by atoms with Gasteiger partial charge in [-0.1, -0.05) is 30.3 Å². The Morgan fingerprint density at radius 3 is 2.53 bits per heavy atom. The van der Waals surface area contributed by atoms with Crippen LogP contribution in [0.2, 0.25) is 0 Å². The fraction of sp³-hybridized carbons (Fsp3) is 0.0667. The summed E-state index contributed by atoms with van der Waals surface area (Å²) in [7, 11) is 0. The fourth-order valence-electron chi connectivity index (χ4n) is 2.17. The Labute approximate surface area is 99.5 Å². The molecule has 0 aliphatic carbocycles. The van der Waals surface area contributed by atoms with Gasteiger partial charge in [0.05, 0.1) is 12.1 Å². The van der Waals surface area contributed by atoms with Crippen LogP contribution in [0.25, 0.3) is 22.0 Å². The van der Waals surface area contributed by atoms with Crippen molar-refractivity contribution in [1.29, 1.82) is 0 Å². The van der Waals surface area contributed by atoms with Crippen LogP contribution >= 0.6 is 0 Å². The third-order valence-electron chi connectivity index (χ3n) is 3.02. The largest absolute Gasteiger partial charge is 0.392 e. The predicted octanol–water partition coefficient (Wildman–Crippen LogP) is 3.33. The van der Waals surface area contributed by atoms with Crippen LogP contribution in [0, 0.1) is 0 Å². The van der Waals surface area contributed by atoms with Crippen LogP contribution < -0.4 is 0 Å². The minimum Gasteiger partial charge on any atom is -0.392 e. The second-order valence-corrected chi connectivity index (χ2v) is 4.10. The molecule has 2 nitrogen and oxygen atoms in total. The number of rotatable bonds is 2. The van der Waals surface area contributed by atoms with Crippen LogP contribution in [0.1, 0.15) is 5.56 Å². The quantitative estimate of drug-likeness (QED) is 0.686. The molecule has 84 valence electrons. The number of aliphatic hydroxyl groups excluding tert-OH is 1. The van der Waals surface area contributed by atoms with Crippen molar-refractivity contribution in [3.8, 4) is 11.1 Å². The summed E-state index contributed by atoms with van der Waals surface area (Å²) < 4.78 is 0. The van der Waals surface area contributed by atoms with Gasteiger partial charge in [0.25, 0.3) is 0 Å². The highest BCUT2D eigenvalue weighted by Gasteiger charge is 2.05. The summed E-state index contributed by atoms with van der Waals surface area (Å²) in [6.45, 7) is 0.0533. The number of H-pyrrole nitrogens is 1.